The average Bonchev–Trinajstić information content (AvgIpc) is 2.83. The summed E-state index contributed by atoms with van der Waals surface area (Å²) in [4.78, 5) is 2.96. The van der Waals surface area contributed by atoms with Crippen LogP contribution in [0.1, 0.15) is 5.69 Å². The Morgan fingerprint density at radius 3 is 2.75 bits per heavy atom. The lowest BCUT2D eigenvalue weighted by Gasteiger charge is -2.06. The lowest BCUT2D eigenvalue weighted by Crippen LogP contribution is -2.12. The number of anilines is 1. The van der Waals surface area contributed by atoms with Crippen LogP contribution in [0.5, 0.6) is 0 Å². The first kappa shape index (κ1) is 15.0. The molecule has 0 amide bonds. The van der Waals surface area contributed by atoms with E-state index in [1.165, 1.54) is 24.4 Å². The summed E-state index contributed by atoms with van der Waals surface area (Å²) < 4.78 is 40.2. The van der Waals surface area contributed by atoms with E-state index in [1.807, 2.05) is 0 Å². The number of rotatable bonds is 5. The maximum absolute atomic E-state index is 13.4. The van der Waals surface area contributed by atoms with Crippen molar-refractivity contribution >= 4 is 31.6 Å². The highest BCUT2D eigenvalue weighted by Crippen LogP contribution is 2.22. The summed E-state index contributed by atoms with van der Waals surface area (Å²) in [6.07, 6.45) is 1.39. The van der Waals surface area contributed by atoms with Gasteiger partial charge in [0.1, 0.15) is 10.7 Å². The van der Waals surface area contributed by atoms with Crippen molar-refractivity contribution in [2.75, 3.05) is 11.8 Å². The van der Waals surface area contributed by atoms with Crippen molar-refractivity contribution in [3.8, 4) is 0 Å². The molecule has 0 spiro atoms. The van der Waals surface area contributed by atoms with Crippen molar-refractivity contribution in [2.45, 2.75) is 11.4 Å². The van der Waals surface area contributed by atoms with Crippen molar-refractivity contribution in [3.05, 3.63) is 46.4 Å². The van der Waals surface area contributed by atoms with Crippen molar-refractivity contribution in [3.63, 3.8) is 0 Å². The maximum Gasteiger partial charge on any atom is 0.263 e. The molecule has 2 rings (SSSR count). The number of nitrogens with one attached hydrogen (secondary N) is 3. The van der Waals surface area contributed by atoms with Crippen LogP contribution in [0.25, 0.3) is 0 Å². The molecule has 0 radical (unpaired) electrons. The van der Waals surface area contributed by atoms with E-state index in [4.69, 9.17) is 0 Å². The Balaban J connectivity index is 2.23. The fraction of sp³-hybridized carbons (Fsp3) is 0.167. The molecular formula is C12H13BrFN3O2S. The number of hydrogen-bond donors (Lipinski definition) is 3. The van der Waals surface area contributed by atoms with Crippen LogP contribution in [-0.4, -0.2) is 20.4 Å². The molecule has 1 heterocycles. The second kappa shape index (κ2) is 5.94. The van der Waals surface area contributed by atoms with Gasteiger partial charge in [-0.05, 0) is 47.2 Å². The van der Waals surface area contributed by atoms with Crippen LogP contribution in [0, 0.1) is 5.82 Å². The summed E-state index contributed by atoms with van der Waals surface area (Å²) in [6, 6.07) is 5.56. The predicted molar refractivity (Wildman–Crippen MR) is 78.5 cm³/mol. The zero-order chi connectivity index (χ0) is 14.8. The van der Waals surface area contributed by atoms with Gasteiger partial charge in [0.15, 0.2) is 0 Å². The molecule has 3 N–H and O–H groups in total. The molecule has 20 heavy (non-hydrogen) atoms. The number of aromatic amines is 1. The van der Waals surface area contributed by atoms with Crippen LogP contribution >= 0.6 is 15.9 Å². The van der Waals surface area contributed by atoms with Gasteiger partial charge >= 0.3 is 0 Å². The van der Waals surface area contributed by atoms with Gasteiger partial charge in [0.05, 0.1) is 10.2 Å². The molecule has 0 aliphatic carbocycles. The molecule has 5 nitrogen and oxygen atoms in total. The fourth-order valence-electron chi connectivity index (χ4n) is 1.64. The van der Waals surface area contributed by atoms with E-state index >= 15 is 0 Å². The SMILES string of the molecule is CNCc1cc(S(=O)(=O)Nc2ccc(Br)c(F)c2)c[nH]1. The van der Waals surface area contributed by atoms with Gasteiger partial charge < -0.3 is 10.3 Å². The average molecular weight is 362 g/mol. The van der Waals surface area contributed by atoms with Gasteiger partial charge in [-0.1, -0.05) is 0 Å². The molecule has 0 aliphatic rings. The van der Waals surface area contributed by atoms with Crippen molar-refractivity contribution in [1.82, 2.24) is 10.3 Å². The molecule has 0 bridgehead atoms. The summed E-state index contributed by atoms with van der Waals surface area (Å²) in [6.45, 7) is 0.530. The standard InChI is InChI=1S/C12H13BrFN3O2S/c1-15-6-9-4-10(7-16-9)20(18,19)17-8-2-3-11(13)12(14)5-8/h2-5,7,15-17H,6H2,1H3. The highest BCUT2D eigenvalue weighted by atomic mass is 79.9. The van der Waals surface area contributed by atoms with Gasteiger partial charge in [-0.3, -0.25) is 4.72 Å². The van der Waals surface area contributed by atoms with E-state index in [0.29, 0.717) is 6.54 Å². The van der Waals surface area contributed by atoms with Gasteiger partial charge in [-0.2, -0.15) is 0 Å². The summed E-state index contributed by atoms with van der Waals surface area (Å²) in [5, 5.41) is 2.91. The Bertz CT molecular complexity index is 715. The molecule has 0 unspecified atom stereocenters. The number of halogens is 2. The zero-order valence-electron chi connectivity index (χ0n) is 10.6. The zero-order valence-corrected chi connectivity index (χ0v) is 13.0. The molecule has 0 atom stereocenters. The van der Waals surface area contributed by atoms with E-state index in [1.54, 1.807) is 7.05 Å². The second-order valence-electron chi connectivity index (χ2n) is 4.13. The lowest BCUT2D eigenvalue weighted by atomic mass is 10.3. The van der Waals surface area contributed by atoms with Crippen LogP contribution in [0.4, 0.5) is 10.1 Å². The quantitative estimate of drug-likeness (QED) is 0.765. The highest BCUT2D eigenvalue weighted by molar-refractivity contribution is 9.10. The third-order valence-electron chi connectivity index (χ3n) is 2.57. The first-order valence-corrected chi connectivity index (χ1v) is 8.00. The third-order valence-corrected chi connectivity index (χ3v) is 4.57. The summed E-state index contributed by atoms with van der Waals surface area (Å²) in [5.74, 6) is -0.532. The first-order valence-electron chi connectivity index (χ1n) is 5.72. The van der Waals surface area contributed by atoms with Crippen LogP contribution in [0.3, 0.4) is 0 Å². The third kappa shape index (κ3) is 3.38. The van der Waals surface area contributed by atoms with Gasteiger partial charge in [0.2, 0.25) is 0 Å². The van der Waals surface area contributed by atoms with Gasteiger partial charge in [-0.15, -0.1) is 0 Å². The molecule has 0 aliphatic heterocycles. The number of aromatic nitrogens is 1. The van der Waals surface area contributed by atoms with Crippen molar-refractivity contribution in [2.24, 2.45) is 0 Å². The van der Waals surface area contributed by atoms with E-state index in [-0.39, 0.29) is 15.1 Å². The van der Waals surface area contributed by atoms with Crippen LogP contribution in [-0.2, 0) is 16.6 Å². The van der Waals surface area contributed by atoms with Crippen molar-refractivity contribution < 1.29 is 12.8 Å². The van der Waals surface area contributed by atoms with E-state index < -0.39 is 15.8 Å². The second-order valence-corrected chi connectivity index (χ2v) is 6.66. The molecule has 0 saturated carbocycles. The normalized spacial score (nSPS) is 11.6. The van der Waals surface area contributed by atoms with Crippen molar-refractivity contribution in [1.29, 1.82) is 0 Å². The predicted octanol–water partition coefficient (Wildman–Crippen LogP) is 2.44. The Labute approximate surface area is 124 Å². The largest absolute Gasteiger partial charge is 0.363 e. The van der Waals surface area contributed by atoms with Gasteiger partial charge in [0.25, 0.3) is 10.0 Å². The Hall–Kier alpha value is -1.38. The van der Waals surface area contributed by atoms with E-state index in [0.717, 1.165) is 11.8 Å². The monoisotopic (exact) mass is 361 g/mol. The molecule has 108 valence electrons. The minimum absolute atomic E-state index is 0.103. The number of benzene rings is 1. The number of hydrogen-bond acceptors (Lipinski definition) is 3. The number of sulfonamides is 1. The minimum atomic E-state index is -3.73. The lowest BCUT2D eigenvalue weighted by molar-refractivity contribution is 0.601. The molecule has 1 aromatic heterocycles. The molecule has 1 aromatic carbocycles. The molecule has 0 saturated heterocycles. The number of H-pyrrole nitrogens is 1. The van der Waals surface area contributed by atoms with Crippen LogP contribution in [0.15, 0.2) is 39.8 Å². The Morgan fingerprint density at radius 1 is 1.35 bits per heavy atom. The van der Waals surface area contributed by atoms with Crippen LogP contribution in [0.2, 0.25) is 0 Å². The smallest absolute Gasteiger partial charge is 0.263 e. The first-order chi connectivity index (χ1) is 9.42. The molecule has 0 fully saturated rings. The molecular weight excluding hydrogens is 349 g/mol. The van der Waals surface area contributed by atoms with E-state index in [2.05, 4.69) is 31.0 Å². The maximum atomic E-state index is 13.4. The topological polar surface area (TPSA) is 74.0 Å². The van der Waals surface area contributed by atoms with Gasteiger partial charge in [0, 0.05) is 18.4 Å². The summed E-state index contributed by atoms with van der Waals surface area (Å²) in [7, 11) is -1.97. The molecule has 8 heteroatoms. The van der Waals surface area contributed by atoms with Gasteiger partial charge in [-0.25, -0.2) is 12.8 Å². The Kier molecular flexibility index (Phi) is 4.46. The highest BCUT2D eigenvalue weighted by Gasteiger charge is 2.16. The molecule has 2 aromatic rings. The minimum Gasteiger partial charge on any atom is -0.363 e. The van der Waals surface area contributed by atoms with Crippen LogP contribution < -0.4 is 10.0 Å². The summed E-state index contributed by atoms with van der Waals surface area (Å²) in [5.41, 5.74) is 0.914. The Morgan fingerprint density at radius 2 is 2.10 bits per heavy atom. The van der Waals surface area contributed by atoms with E-state index in [9.17, 15) is 12.8 Å². The summed E-state index contributed by atoms with van der Waals surface area (Å²) >= 11 is 3.01. The fourth-order valence-corrected chi connectivity index (χ4v) is 2.95.